The Kier molecular flexibility index (Phi) is 5.63. The molecule has 4 aromatic rings. The van der Waals surface area contributed by atoms with E-state index in [1.807, 2.05) is 54.6 Å². The summed E-state index contributed by atoms with van der Waals surface area (Å²) in [6.45, 7) is 6.44. The van der Waals surface area contributed by atoms with Crippen molar-refractivity contribution in [2.45, 2.75) is 27.2 Å². The van der Waals surface area contributed by atoms with E-state index in [-0.39, 0.29) is 5.78 Å². The molecule has 0 unspecified atom stereocenters. The van der Waals surface area contributed by atoms with Crippen molar-refractivity contribution >= 4 is 5.78 Å². The van der Waals surface area contributed by atoms with Crippen molar-refractivity contribution in [3.05, 3.63) is 119 Å². The van der Waals surface area contributed by atoms with Gasteiger partial charge in [-0.3, -0.25) is 4.79 Å². The van der Waals surface area contributed by atoms with Crippen LogP contribution in [0.25, 0.3) is 22.3 Å². The number of ketones is 1. The van der Waals surface area contributed by atoms with Crippen LogP contribution in [0.1, 0.15) is 39.5 Å². The average molecular weight is 391 g/mol. The summed E-state index contributed by atoms with van der Waals surface area (Å²) >= 11 is 0. The van der Waals surface area contributed by atoms with Crippen LogP contribution in [0, 0.1) is 13.8 Å². The van der Waals surface area contributed by atoms with E-state index in [0.717, 1.165) is 39.8 Å². The van der Waals surface area contributed by atoms with Crippen LogP contribution in [0.15, 0.2) is 91.0 Å². The SMILES string of the molecule is CCc1c(C)c(C)c(C(=O)c2ccccc2)c(-c2ccccc2)c1-c1ccccc1. The van der Waals surface area contributed by atoms with Crippen molar-refractivity contribution in [1.82, 2.24) is 0 Å². The Morgan fingerprint density at radius 1 is 0.633 bits per heavy atom. The van der Waals surface area contributed by atoms with E-state index in [1.165, 1.54) is 16.7 Å². The van der Waals surface area contributed by atoms with E-state index < -0.39 is 0 Å². The van der Waals surface area contributed by atoms with Gasteiger partial charge in [0.05, 0.1) is 0 Å². The van der Waals surface area contributed by atoms with Crippen LogP contribution in [-0.4, -0.2) is 5.78 Å². The second-order valence-electron chi connectivity index (χ2n) is 7.63. The molecule has 1 nitrogen and oxygen atoms in total. The maximum atomic E-state index is 13.8. The molecule has 0 radical (unpaired) electrons. The number of rotatable bonds is 5. The predicted molar refractivity (Wildman–Crippen MR) is 126 cm³/mol. The molecule has 0 aromatic heterocycles. The number of hydrogen-bond acceptors (Lipinski definition) is 1. The Hall–Kier alpha value is -3.45. The molecule has 0 saturated carbocycles. The van der Waals surface area contributed by atoms with E-state index in [0.29, 0.717) is 0 Å². The third kappa shape index (κ3) is 3.48. The van der Waals surface area contributed by atoms with Crippen molar-refractivity contribution in [2.75, 3.05) is 0 Å². The van der Waals surface area contributed by atoms with Gasteiger partial charge < -0.3 is 0 Å². The van der Waals surface area contributed by atoms with E-state index in [9.17, 15) is 4.79 Å². The maximum absolute atomic E-state index is 13.8. The van der Waals surface area contributed by atoms with Gasteiger partial charge in [-0.05, 0) is 53.6 Å². The van der Waals surface area contributed by atoms with Gasteiger partial charge >= 0.3 is 0 Å². The van der Waals surface area contributed by atoms with Gasteiger partial charge in [0, 0.05) is 16.7 Å². The van der Waals surface area contributed by atoms with Crippen molar-refractivity contribution in [2.24, 2.45) is 0 Å². The molecule has 148 valence electrons. The fourth-order valence-electron chi connectivity index (χ4n) is 4.34. The monoisotopic (exact) mass is 390 g/mol. The minimum absolute atomic E-state index is 0.0786. The first-order valence-electron chi connectivity index (χ1n) is 10.5. The number of carbonyl (C=O) groups is 1. The number of hydrogen-bond donors (Lipinski definition) is 0. The van der Waals surface area contributed by atoms with E-state index in [1.54, 1.807) is 0 Å². The molecule has 4 rings (SSSR count). The van der Waals surface area contributed by atoms with Gasteiger partial charge in [-0.15, -0.1) is 0 Å². The fourth-order valence-corrected chi connectivity index (χ4v) is 4.34. The van der Waals surface area contributed by atoms with Crippen molar-refractivity contribution in [3.63, 3.8) is 0 Å². The Balaban J connectivity index is 2.15. The third-order valence-electron chi connectivity index (χ3n) is 5.93. The summed E-state index contributed by atoms with van der Waals surface area (Å²) in [5.41, 5.74) is 9.55. The predicted octanol–water partition coefficient (Wildman–Crippen LogP) is 7.43. The standard InChI is InChI=1S/C29H26O/c1-4-25-20(2)21(3)26(29(30)24-18-12-7-13-19-24)28(23-16-10-6-11-17-23)27(25)22-14-8-5-9-15-22/h5-19H,4H2,1-3H3. The lowest BCUT2D eigenvalue weighted by Gasteiger charge is -2.24. The van der Waals surface area contributed by atoms with Gasteiger partial charge in [-0.1, -0.05) is 97.9 Å². The lowest BCUT2D eigenvalue weighted by molar-refractivity contribution is 0.103. The Morgan fingerprint density at radius 3 is 1.60 bits per heavy atom. The molecule has 0 heterocycles. The molecule has 30 heavy (non-hydrogen) atoms. The van der Waals surface area contributed by atoms with E-state index in [2.05, 4.69) is 57.2 Å². The van der Waals surface area contributed by atoms with Gasteiger partial charge in [0.15, 0.2) is 5.78 Å². The van der Waals surface area contributed by atoms with Crippen molar-refractivity contribution in [1.29, 1.82) is 0 Å². The first-order chi connectivity index (χ1) is 14.6. The molecule has 0 aliphatic carbocycles. The van der Waals surface area contributed by atoms with Crippen LogP contribution >= 0.6 is 0 Å². The molecule has 0 aliphatic rings. The van der Waals surface area contributed by atoms with Crippen LogP contribution in [0.5, 0.6) is 0 Å². The van der Waals surface area contributed by atoms with Gasteiger partial charge in [0.1, 0.15) is 0 Å². The average Bonchev–Trinajstić information content (AvgIpc) is 2.81. The first kappa shape index (κ1) is 19.8. The molecule has 0 amide bonds. The molecular formula is C29H26O. The highest BCUT2D eigenvalue weighted by molar-refractivity contribution is 6.16. The number of carbonyl (C=O) groups excluding carboxylic acids is 1. The van der Waals surface area contributed by atoms with Crippen molar-refractivity contribution < 1.29 is 4.79 Å². The Morgan fingerprint density at radius 2 is 1.10 bits per heavy atom. The highest BCUT2D eigenvalue weighted by Crippen LogP contribution is 2.42. The highest BCUT2D eigenvalue weighted by atomic mass is 16.1. The molecular weight excluding hydrogens is 364 g/mol. The summed E-state index contributed by atoms with van der Waals surface area (Å²) in [5.74, 6) is 0.0786. The zero-order valence-electron chi connectivity index (χ0n) is 17.8. The minimum Gasteiger partial charge on any atom is -0.289 e. The molecule has 0 spiro atoms. The minimum atomic E-state index is 0.0786. The third-order valence-corrected chi connectivity index (χ3v) is 5.93. The summed E-state index contributed by atoms with van der Waals surface area (Å²) in [5, 5.41) is 0. The van der Waals surface area contributed by atoms with E-state index >= 15 is 0 Å². The summed E-state index contributed by atoms with van der Waals surface area (Å²) in [6, 6.07) is 30.4. The summed E-state index contributed by atoms with van der Waals surface area (Å²) in [7, 11) is 0. The maximum Gasteiger partial charge on any atom is 0.193 e. The summed E-state index contributed by atoms with van der Waals surface area (Å²) < 4.78 is 0. The molecule has 0 N–H and O–H groups in total. The largest absolute Gasteiger partial charge is 0.289 e. The van der Waals surface area contributed by atoms with Gasteiger partial charge in [0.2, 0.25) is 0 Å². The highest BCUT2D eigenvalue weighted by Gasteiger charge is 2.25. The summed E-state index contributed by atoms with van der Waals surface area (Å²) in [6.07, 6.45) is 0.913. The molecule has 1 heteroatoms. The van der Waals surface area contributed by atoms with Gasteiger partial charge in [-0.2, -0.15) is 0 Å². The van der Waals surface area contributed by atoms with Crippen LogP contribution in [0.3, 0.4) is 0 Å². The van der Waals surface area contributed by atoms with Crippen molar-refractivity contribution in [3.8, 4) is 22.3 Å². The lowest BCUT2D eigenvalue weighted by Crippen LogP contribution is -2.11. The Bertz CT molecular complexity index is 1170. The fraction of sp³-hybridized carbons (Fsp3) is 0.138. The normalized spacial score (nSPS) is 10.8. The summed E-state index contributed by atoms with van der Waals surface area (Å²) in [4.78, 5) is 13.8. The molecule has 0 atom stereocenters. The van der Waals surface area contributed by atoms with Crippen LogP contribution in [0.4, 0.5) is 0 Å². The first-order valence-corrected chi connectivity index (χ1v) is 10.5. The second-order valence-corrected chi connectivity index (χ2v) is 7.63. The molecule has 4 aromatic carbocycles. The quantitative estimate of drug-likeness (QED) is 0.324. The molecule has 0 aliphatic heterocycles. The second kappa shape index (κ2) is 8.51. The lowest BCUT2D eigenvalue weighted by atomic mass is 9.79. The Labute approximate surface area is 179 Å². The van der Waals surface area contributed by atoms with Gasteiger partial charge in [0.25, 0.3) is 0 Å². The van der Waals surface area contributed by atoms with Crippen LogP contribution in [0.2, 0.25) is 0 Å². The van der Waals surface area contributed by atoms with E-state index in [4.69, 9.17) is 0 Å². The smallest absolute Gasteiger partial charge is 0.193 e. The molecule has 0 bridgehead atoms. The topological polar surface area (TPSA) is 17.1 Å². The van der Waals surface area contributed by atoms with Crippen LogP contribution < -0.4 is 0 Å². The molecule has 0 saturated heterocycles. The zero-order chi connectivity index (χ0) is 21.1. The molecule has 0 fully saturated rings. The number of benzene rings is 4. The zero-order valence-corrected chi connectivity index (χ0v) is 17.8. The van der Waals surface area contributed by atoms with Crippen LogP contribution in [-0.2, 0) is 6.42 Å². The van der Waals surface area contributed by atoms with Gasteiger partial charge in [-0.25, -0.2) is 0 Å².